The minimum atomic E-state index is -0.943. The Hall–Kier alpha value is -2.07. The highest BCUT2D eigenvalue weighted by molar-refractivity contribution is 5.41. The SMILES string of the molecule is CCOc1cccc(Oc2cccc(F)c2[C@H](C)O)c1. The molecule has 0 fully saturated rings. The molecule has 0 aliphatic carbocycles. The van der Waals surface area contributed by atoms with Crippen molar-refractivity contribution in [2.24, 2.45) is 0 Å². The van der Waals surface area contributed by atoms with Crippen LogP contribution < -0.4 is 9.47 Å². The van der Waals surface area contributed by atoms with Crippen molar-refractivity contribution in [1.82, 2.24) is 0 Å². The van der Waals surface area contributed by atoms with Gasteiger partial charge in [0.05, 0.1) is 18.3 Å². The smallest absolute Gasteiger partial charge is 0.136 e. The maximum absolute atomic E-state index is 13.7. The van der Waals surface area contributed by atoms with Crippen LogP contribution in [0.3, 0.4) is 0 Å². The third-order valence-corrected chi connectivity index (χ3v) is 2.78. The van der Waals surface area contributed by atoms with E-state index in [9.17, 15) is 9.50 Å². The fourth-order valence-electron chi connectivity index (χ4n) is 1.93. The zero-order valence-electron chi connectivity index (χ0n) is 11.5. The van der Waals surface area contributed by atoms with E-state index in [0.717, 1.165) is 0 Å². The Morgan fingerprint density at radius 3 is 2.55 bits per heavy atom. The van der Waals surface area contributed by atoms with Gasteiger partial charge in [-0.1, -0.05) is 12.1 Å². The Bertz CT molecular complexity index is 582. The molecule has 0 unspecified atom stereocenters. The van der Waals surface area contributed by atoms with Gasteiger partial charge in [-0.15, -0.1) is 0 Å². The number of benzene rings is 2. The summed E-state index contributed by atoms with van der Waals surface area (Å²) < 4.78 is 24.8. The number of rotatable bonds is 5. The van der Waals surface area contributed by atoms with Gasteiger partial charge >= 0.3 is 0 Å². The summed E-state index contributed by atoms with van der Waals surface area (Å²) in [5, 5.41) is 9.66. The fraction of sp³-hybridized carbons (Fsp3) is 0.250. The van der Waals surface area contributed by atoms with Gasteiger partial charge in [0.2, 0.25) is 0 Å². The highest BCUT2D eigenvalue weighted by atomic mass is 19.1. The van der Waals surface area contributed by atoms with Crippen LogP contribution in [0.4, 0.5) is 4.39 Å². The van der Waals surface area contributed by atoms with E-state index in [1.165, 1.54) is 13.0 Å². The molecule has 0 bridgehead atoms. The number of aliphatic hydroxyl groups is 1. The van der Waals surface area contributed by atoms with E-state index < -0.39 is 11.9 Å². The molecule has 20 heavy (non-hydrogen) atoms. The summed E-state index contributed by atoms with van der Waals surface area (Å²) in [5.74, 6) is 1.02. The lowest BCUT2D eigenvalue weighted by atomic mass is 10.1. The molecule has 0 aliphatic heterocycles. The Morgan fingerprint density at radius 2 is 1.85 bits per heavy atom. The van der Waals surface area contributed by atoms with Crippen LogP contribution in [0.2, 0.25) is 0 Å². The lowest BCUT2D eigenvalue weighted by Gasteiger charge is -2.14. The molecule has 0 saturated heterocycles. The van der Waals surface area contributed by atoms with Crippen LogP contribution in [-0.2, 0) is 0 Å². The second-order valence-electron chi connectivity index (χ2n) is 4.34. The molecular weight excluding hydrogens is 259 g/mol. The van der Waals surface area contributed by atoms with Crippen molar-refractivity contribution in [2.45, 2.75) is 20.0 Å². The molecule has 0 heterocycles. The lowest BCUT2D eigenvalue weighted by Crippen LogP contribution is -2.00. The van der Waals surface area contributed by atoms with Gasteiger partial charge in [0.25, 0.3) is 0 Å². The predicted molar refractivity (Wildman–Crippen MR) is 74.7 cm³/mol. The summed E-state index contributed by atoms with van der Waals surface area (Å²) in [6, 6.07) is 11.5. The number of halogens is 1. The van der Waals surface area contributed by atoms with Crippen LogP contribution in [0.15, 0.2) is 42.5 Å². The maximum Gasteiger partial charge on any atom is 0.136 e. The minimum Gasteiger partial charge on any atom is -0.494 e. The van der Waals surface area contributed by atoms with Gasteiger partial charge in [-0.25, -0.2) is 4.39 Å². The van der Waals surface area contributed by atoms with Crippen molar-refractivity contribution in [2.75, 3.05) is 6.61 Å². The molecule has 0 saturated carbocycles. The van der Waals surface area contributed by atoms with E-state index in [-0.39, 0.29) is 5.56 Å². The standard InChI is InChI=1S/C16H17FO3/c1-3-19-12-6-4-7-13(10-12)20-15-9-5-8-14(17)16(15)11(2)18/h4-11,18H,3H2,1-2H3/t11-/m0/s1. The quantitative estimate of drug-likeness (QED) is 0.894. The van der Waals surface area contributed by atoms with Gasteiger partial charge in [0.1, 0.15) is 23.1 Å². The predicted octanol–water partition coefficient (Wildman–Crippen LogP) is 4.07. The van der Waals surface area contributed by atoms with Gasteiger partial charge in [-0.3, -0.25) is 0 Å². The molecule has 2 aromatic carbocycles. The summed E-state index contributed by atoms with van der Waals surface area (Å²) in [5.41, 5.74) is 0.148. The van der Waals surface area contributed by atoms with Crippen LogP contribution in [0.5, 0.6) is 17.2 Å². The van der Waals surface area contributed by atoms with Gasteiger partial charge in [0.15, 0.2) is 0 Å². The molecule has 106 valence electrons. The van der Waals surface area contributed by atoms with E-state index in [0.29, 0.717) is 23.9 Å². The van der Waals surface area contributed by atoms with Crippen LogP contribution in [0, 0.1) is 5.82 Å². The van der Waals surface area contributed by atoms with Crippen molar-refractivity contribution >= 4 is 0 Å². The zero-order chi connectivity index (χ0) is 14.5. The van der Waals surface area contributed by atoms with E-state index in [4.69, 9.17) is 9.47 Å². The molecule has 0 amide bonds. The normalized spacial score (nSPS) is 12.0. The maximum atomic E-state index is 13.7. The molecule has 2 rings (SSSR count). The third kappa shape index (κ3) is 3.27. The summed E-state index contributed by atoms with van der Waals surface area (Å²) in [6.07, 6.45) is -0.943. The second-order valence-corrected chi connectivity index (χ2v) is 4.34. The van der Waals surface area contributed by atoms with Crippen molar-refractivity contribution in [3.05, 3.63) is 53.8 Å². The van der Waals surface area contributed by atoms with E-state index >= 15 is 0 Å². The first kappa shape index (κ1) is 14.3. The molecule has 0 radical (unpaired) electrons. The Balaban J connectivity index is 2.30. The minimum absolute atomic E-state index is 0.148. The van der Waals surface area contributed by atoms with Gasteiger partial charge in [0, 0.05) is 6.07 Å². The van der Waals surface area contributed by atoms with Crippen LogP contribution in [-0.4, -0.2) is 11.7 Å². The van der Waals surface area contributed by atoms with Crippen molar-refractivity contribution in [3.8, 4) is 17.2 Å². The molecule has 0 aliphatic rings. The van der Waals surface area contributed by atoms with E-state index in [2.05, 4.69) is 0 Å². The highest BCUT2D eigenvalue weighted by Gasteiger charge is 2.15. The first-order valence-corrected chi connectivity index (χ1v) is 6.49. The summed E-state index contributed by atoms with van der Waals surface area (Å²) in [7, 11) is 0. The number of hydrogen-bond donors (Lipinski definition) is 1. The first-order chi connectivity index (χ1) is 9.61. The average Bonchev–Trinajstić information content (AvgIpc) is 2.39. The Kier molecular flexibility index (Phi) is 4.58. The van der Waals surface area contributed by atoms with Gasteiger partial charge < -0.3 is 14.6 Å². The van der Waals surface area contributed by atoms with E-state index in [1.807, 2.05) is 13.0 Å². The fourth-order valence-corrected chi connectivity index (χ4v) is 1.93. The summed E-state index contributed by atoms with van der Waals surface area (Å²) in [6.45, 7) is 3.95. The third-order valence-electron chi connectivity index (χ3n) is 2.78. The molecule has 1 atom stereocenters. The lowest BCUT2D eigenvalue weighted by molar-refractivity contribution is 0.190. The molecular formula is C16H17FO3. The van der Waals surface area contributed by atoms with Gasteiger partial charge in [-0.2, -0.15) is 0 Å². The van der Waals surface area contributed by atoms with Crippen molar-refractivity contribution in [1.29, 1.82) is 0 Å². The second kappa shape index (κ2) is 6.39. The van der Waals surface area contributed by atoms with E-state index in [1.54, 1.807) is 30.3 Å². The monoisotopic (exact) mass is 276 g/mol. The molecule has 4 heteroatoms. The molecule has 2 aromatic rings. The molecule has 0 spiro atoms. The van der Waals surface area contributed by atoms with Crippen LogP contribution >= 0.6 is 0 Å². The molecule has 3 nitrogen and oxygen atoms in total. The molecule has 1 N–H and O–H groups in total. The van der Waals surface area contributed by atoms with Crippen LogP contribution in [0.25, 0.3) is 0 Å². The van der Waals surface area contributed by atoms with Gasteiger partial charge in [-0.05, 0) is 38.1 Å². The Morgan fingerprint density at radius 1 is 1.15 bits per heavy atom. The summed E-state index contributed by atoms with van der Waals surface area (Å²) >= 11 is 0. The molecule has 0 aromatic heterocycles. The van der Waals surface area contributed by atoms with Crippen molar-refractivity contribution in [3.63, 3.8) is 0 Å². The number of ether oxygens (including phenoxy) is 2. The Labute approximate surface area is 117 Å². The number of aliphatic hydroxyl groups excluding tert-OH is 1. The van der Waals surface area contributed by atoms with Crippen LogP contribution in [0.1, 0.15) is 25.5 Å². The summed E-state index contributed by atoms with van der Waals surface area (Å²) in [4.78, 5) is 0. The zero-order valence-corrected chi connectivity index (χ0v) is 11.5. The first-order valence-electron chi connectivity index (χ1n) is 6.49. The number of hydrogen-bond acceptors (Lipinski definition) is 3. The largest absolute Gasteiger partial charge is 0.494 e. The van der Waals surface area contributed by atoms with Crippen molar-refractivity contribution < 1.29 is 19.0 Å². The topological polar surface area (TPSA) is 38.7 Å². The highest BCUT2D eigenvalue weighted by Crippen LogP contribution is 2.32. The average molecular weight is 276 g/mol.